The highest BCUT2D eigenvalue weighted by atomic mass is 19.4. The predicted molar refractivity (Wildman–Crippen MR) is 106 cm³/mol. The van der Waals surface area contributed by atoms with Crippen molar-refractivity contribution < 1.29 is 35.9 Å². The average Bonchev–Trinajstić information content (AvgIpc) is 3.19. The summed E-state index contributed by atoms with van der Waals surface area (Å²) in [6.07, 6.45) is -6.58. The van der Waals surface area contributed by atoms with Crippen LogP contribution in [0.25, 0.3) is 0 Å². The first-order valence-corrected chi connectivity index (χ1v) is 9.80. The molecule has 0 spiro atoms. The van der Waals surface area contributed by atoms with Crippen LogP contribution < -0.4 is 5.32 Å². The van der Waals surface area contributed by atoms with Gasteiger partial charge in [-0.2, -0.15) is 26.3 Å². The zero-order valence-electron chi connectivity index (χ0n) is 17.2. The van der Waals surface area contributed by atoms with Crippen molar-refractivity contribution in [1.82, 2.24) is 5.32 Å². The molecule has 1 aromatic carbocycles. The summed E-state index contributed by atoms with van der Waals surface area (Å²) in [5, 5.41) is 2.77. The maximum atomic E-state index is 13.1. The van der Waals surface area contributed by atoms with E-state index >= 15 is 0 Å². The maximum Gasteiger partial charge on any atom is 0.416 e. The number of carbonyl (C=O) groups is 1. The molecule has 3 rings (SSSR count). The highest BCUT2D eigenvalue weighted by Gasteiger charge is 2.49. The van der Waals surface area contributed by atoms with Gasteiger partial charge in [0.25, 0.3) is 0 Å². The van der Waals surface area contributed by atoms with E-state index in [1.165, 1.54) is 6.92 Å². The van der Waals surface area contributed by atoms with E-state index in [1.54, 1.807) is 12.3 Å². The summed E-state index contributed by atoms with van der Waals surface area (Å²) in [5.74, 6) is -0.144. The second-order valence-corrected chi connectivity index (χ2v) is 8.16. The van der Waals surface area contributed by atoms with Crippen LogP contribution in [-0.4, -0.2) is 29.8 Å². The lowest BCUT2D eigenvalue weighted by Crippen LogP contribution is -2.41. The number of aliphatic imine (C=N–C) groups is 1. The molecule has 2 fully saturated rings. The summed E-state index contributed by atoms with van der Waals surface area (Å²) in [4.78, 5) is 16.1. The lowest BCUT2D eigenvalue weighted by Gasteiger charge is -2.22. The molecule has 1 saturated heterocycles. The third kappa shape index (κ3) is 5.06. The van der Waals surface area contributed by atoms with Crippen molar-refractivity contribution in [2.24, 2.45) is 4.99 Å². The van der Waals surface area contributed by atoms with E-state index in [0.29, 0.717) is 37.0 Å². The van der Waals surface area contributed by atoms with Crippen LogP contribution in [0.3, 0.4) is 0 Å². The largest absolute Gasteiger partial charge is 0.416 e. The number of benzene rings is 1. The summed E-state index contributed by atoms with van der Waals surface area (Å²) < 4.78 is 84.3. The fraction of sp³-hybridized carbons (Fsp3) is 0.455. The molecule has 1 aliphatic carbocycles. The van der Waals surface area contributed by atoms with E-state index in [-0.39, 0.29) is 24.1 Å². The van der Waals surface area contributed by atoms with Crippen LogP contribution in [0.1, 0.15) is 49.0 Å². The fourth-order valence-electron chi connectivity index (χ4n) is 3.46. The quantitative estimate of drug-likeness (QED) is 0.336. The van der Waals surface area contributed by atoms with Crippen molar-refractivity contribution in [3.63, 3.8) is 0 Å². The van der Waals surface area contributed by atoms with Crippen molar-refractivity contribution >= 4 is 12.1 Å². The van der Waals surface area contributed by atoms with Gasteiger partial charge >= 0.3 is 12.4 Å². The third-order valence-corrected chi connectivity index (χ3v) is 5.73. The van der Waals surface area contributed by atoms with Gasteiger partial charge in [-0.3, -0.25) is 9.79 Å². The van der Waals surface area contributed by atoms with Gasteiger partial charge in [0.2, 0.25) is 5.91 Å². The minimum atomic E-state index is -4.93. The Morgan fingerprint density at radius 1 is 1.19 bits per heavy atom. The number of alkyl halides is 6. The lowest BCUT2D eigenvalue weighted by atomic mass is 9.99. The topological polar surface area (TPSA) is 50.7 Å². The van der Waals surface area contributed by atoms with Gasteiger partial charge in [0.05, 0.1) is 29.4 Å². The number of nitrogens with one attached hydrogen (secondary N) is 1. The van der Waals surface area contributed by atoms with Crippen LogP contribution in [0, 0.1) is 0 Å². The van der Waals surface area contributed by atoms with Gasteiger partial charge < -0.3 is 10.1 Å². The second-order valence-electron chi connectivity index (χ2n) is 8.16. The molecule has 0 bridgehead atoms. The van der Waals surface area contributed by atoms with Gasteiger partial charge in [0.15, 0.2) is 0 Å². The molecular weight excluding hydrogens is 438 g/mol. The molecule has 1 N–H and O–H groups in total. The minimum Gasteiger partial charge on any atom is -0.371 e. The number of nitrogens with zero attached hydrogens (tertiary/aromatic N) is 1. The summed E-state index contributed by atoms with van der Waals surface area (Å²) in [6.45, 7) is 8.88. The highest BCUT2D eigenvalue weighted by molar-refractivity contribution is 5.89. The number of rotatable bonds is 7. The van der Waals surface area contributed by atoms with Gasteiger partial charge in [0.1, 0.15) is 5.54 Å². The molecule has 1 aromatic rings. The molecule has 0 unspecified atom stereocenters. The van der Waals surface area contributed by atoms with Crippen LogP contribution in [0.5, 0.6) is 0 Å². The van der Waals surface area contributed by atoms with Crippen LogP contribution in [0.4, 0.5) is 26.3 Å². The highest BCUT2D eigenvalue weighted by Crippen LogP contribution is 2.47. The molecule has 1 amide bonds. The molecule has 3 atom stereocenters. The van der Waals surface area contributed by atoms with E-state index in [2.05, 4.69) is 23.5 Å². The fourth-order valence-corrected chi connectivity index (χ4v) is 3.46. The molecule has 174 valence electrons. The maximum absolute atomic E-state index is 13.1. The van der Waals surface area contributed by atoms with Crippen molar-refractivity contribution in [2.45, 2.75) is 55.7 Å². The minimum absolute atomic E-state index is 0.0787. The third-order valence-electron chi connectivity index (χ3n) is 5.73. The van der Waals surface area contributed by atoms with Crippen LogP contribution in [-0.2, 0) is 21.9 Å². The Balaban J connectivity index is 1.78. The van der Waals surface area contributed by atoms with Crippen LogP contribution in [0.15, 0.2) is 48.0 Å². The van der Waals surface area contributed by atoms with Gasteiger partial charge in [-0.05, 0) is 42.7 Å². The Morgan fingerprint density at radius 3 is 2.16 bits per heavy atom. The monoisotopic (exact) mass is 460 g/mol. The smallest absolute Gasteiger partial charge is 0.371 e. The first kappa shape index (κ1) is 24.0. The van der Waals surface area contributed by atoms with E-state index in [1.807, 2.05) is 0 Å². The first-order chi connectivity index (χ1) is 14.7. The zero-order chi connectivity index (χ0) is 23.9. The predicted octanol–water partition coefficient (Wildman–Crippen LogP) is 5.41. The molecule has 4 nitrogen and oxygen atoms in total. The van der Waals surface area contributed by atoms with Crippen molar-refractivity contribution in [3.8, 4) is 0 Å². The number of carbonyl (C=O) groups excluding carboxylic acids is 1. The molecule has 0 radical (unpaired) electrons. The molecule has 1 heterocycles. The van der Waals surface area contributed by atoms with Gasteiger partial charge in [-0.1, -0.05) is 12.7 Å². The second kappa shape index (κ2) is 8.06. The molecule has 0 aromatic heterocycles. The Kier molecular flexibility index (Phi) is 6.05. The number of hydrogen-bond donors (Lipinski definition) is 1. The standard InChI is InChI=1S/C22H22F6N2O2/c1-4-19(6-5-18(31)30-19)11-29-20(10-13(20)2)12-32-14(3)15-7-16(21(23,24)25)9-17(8-15)22(26,27)28/h4,7-9,11,14H,1-2,5-6,10,12H2,3H3,(H,30,31)/t14-,19+,20+/m1/s1. The summed E-state index contributed by atoms with van der Waals surface area (Å²) in [6, 6.07) is 1.38. The molecule has 1 saturated carbocycles. The van der Waals surface area contributed by atoms with Crippen molar-refractivity contribution in [1.29, 1.82) is 0 Å². The van der Waals surface area contributed by atoms with E-state index in [9.17, 15) is 31.1 Å². The van der Waals surface area contributed by atoms with Gasteiger partial charge in [-0.25, -0.2) is 0 Å². The number of ether oxygens (including phenoxy) is 1. The summed E-state index contributed by atoms with van der Waals surface area (Å²) >= 11 is 0. The number of halogens is 6. The molecule has 10 heteroatoms. The lowest BCUT2D eigenvalue weighted by molar-refractivity contribution is -0.143. The molecule has 32 heavy (non-hydrogen) atoms. The average molecular weight is 460 g/mol. The van der Waals surface area contributed by atoms with E-state index in [4.69, 9.17) is 4.74 Å². The Morgan fingerprint density at radius 2 is 1.75 bits per heavy atom. The normalized spacial score (nSPS) is 27.0. The molecule has 1 aliphatic heterocycles. The first-order valence-electron chi connectivity index (χ1n) is 9.80. The molecule has 2 aliphatic rings. The Bertz CT molecular complexity index is 936. The summed E-state index contributed by atoms with van der Waals surface area (Å²) in [7, 11) is 0. The van der Waals surface area contributed by atoms with E-state index in [0.717, 1.165) is 0 Å². The van der Waals surface area contributed by atoms with Crippen LogP contribution in [0.2, 0.25) is 0 Å². The number of amides is 1. The van der Waals surface area contributed by atoms with Crippen molar-refractivity contribution in [3.05, 3.63) is 59.7 Å². The van der Waals surface area contributed by atoms with Crippen molar-refractivity contribution in [2.75, 3.05) is 6.61 Å². The zero-order valence-corrected chi connectivity index (χ0v) is 17.2. The van der Waals surface area contributed by atoms with Crippen LogP contribution >= 0.6 is 0 Å². The Labute approximate surface area is 181 Å². The SMILES string of the molecule is C=C[C@@]1(C=N[C@]2(CO[C@H](C)c3cc(C(F)(F)F)cc(C(F)(F)F)c3)CC2=C)CCC(=O)N1. The summed E-state index contributed by atoms with van der Waals surface area (Å²) in [5.41, 5.74) is -3.97. The molecular formula is C22H22F6N2O2. The van der Waals surface area contributed by atoms with E-state index < -0.39 is 40.7 Å². The van der Waals surface area contributed by atoms with Gasteiger partial charge in [0, 0.05) is 19.1 Å². The van der Waals surface area contributed by atoms with Gasteiger partial charge in [-0.15, -0.1) is 6.58 Å². The Hall–Kier alpha value is -2.62. The number of hydrogen-bond acceptors (Lipinski definition) is 3.